The lowest BCUT2D eigenvalue weighted by molar-refractivity contribution is -0.116. The van der Waals surface area contributed by atoms with Crippen LogP contribution in [0.2, 0.25) is 0 Å². The van der Waals surface area contributed by atoms with Crippen LogP contribution in [0.25, 0.3) is 0 Å². The zero-order chi connectivity index (χ0) is 8.85. The average Bonchev–Trinajstić information content (AvgIpc) is 1.85. The molecule has 2 heteroatoms. The summed E-state index contributed by atoms with van der Waals surface area (Å²) < 4.78 is 0. The first kappa shape index (κ1) is 11.0. The van der Waals surface area contributed by atoms with Crippen LogP contribution in [0, 0.1) is 0 Å². The molecule has 0 radical (unpaired) electrons. The monoisotopic (exact) mass is 174 g/mol. The van der Waals surface area contributed by atoms with E-state index in [0.717, 1.165) is 6.42 Å². The second-order valence-electron chi connectivity index (χ2n) is 3.07. The van der Waals surface area contributed by atoms with E-state index in [1.165, 1.54) is 6.42 Å². The lowest BCUT2D eigenvalue weighted by Crippen LogP contribution is -2.07. The Morgan fingerprint density at radius 3 is 2.27 bits per heavy atom. The van der Waals surface area contributed by atoms with Crippen LogP contribution in [0.5, 0.6) is 0 Å². The molecule has 0 rings (SSSR count). The van der Waals surface area contributed by atoms with E-state index in [1.807, 2.05) is 11.8 Å². The Morgan fingerprint density at radius 2 is 1.91 bits per heavy atom. The van der Waals surface area contributed by atoms with Crippen molar-refractivity contribution >= 4 is 17.5 Å². The standard InChI is InChI=1S/C9H18OS/c1-5-8(3)11-9(4)6-7(2)10/h8-9H,5-6H2,1-4H3. The summed E-state index contributed by atoms with van der Waals surface area (Å²) in [6.07, 6.45) is 1.90. The van der Waals surface area contributed by atoms with Gasteiger partial charge in [0, 0.05) is 16.9 Å². The molecule has 0 aromatic rings. The topological polar surface area (TPSA) is 17.1 Å². The zero-order valence-electron chi connectivity index (χ0n) is 7.89. The largest absolute Gasteiger partial charge is 0.300 e. The third-order valence-electron chi connectivity index (χ3n) is 1.61. The molecular weight excluding hydrogens is 156 g/mol. The predicted molar refractivity (Wildman–Crippen MR) is 52.1 cm³/mol. The van der Waals surface area contributed by atoms with Crippen molar-refractivity contribution in [2.75, 3.05) is 0 Å². The maximum absolute atomic E-state index is 10.7. The molecule has 0 aromatic heterocycles. The van der Waals surface area contributed by atoms with Crippen LogP contribution in [0.4, 0.5) is 0 Å². The van der Waals surface area contributed by atoms with Gasteiger partial charge in [0.25, 0.3) is 0 Å². The number of carbonyl (C=O) groups is 1. The van der Waals surface area contributed by atoms with Crippen molar-refractivity contribution in [2.45, 2.75) is 51.0 Å². The molecule has 0 spiro atoms. The summed E-state index contributed by atoms with van der Waals surface area (Å²) in [6.45, 7) is 8.17. The van der Waals surface area contributed by atoms with E-state index >= 15 is 0 Å². The second kappa shape index (κ2) is 5.64. The van der Waals surface area contributed by atoms with Crippen LogP contribution in [0.15, 0.2) is 0 Å². The van der Waals surface area contributed by atoms with Gasteiger partial charge in [-0.25, -0.2) is 0 Å². The summed E-state index contributed by atoms with van der Waals surface area (Å²) in [6, 6.07) is 0. The van der Waals surface area contributed by atoms with Gasteiger partial charge in [-0.05, 0) is 13.3 Å². The molecule has 0 aliphatic heterocycles. The van der Waals surface area contributed by atoms with Gasteiger partial charge in [0.1, 0.15) is 5.78 Å². The Bertz CT molecular complexity index is 123. The molecule has 0 bridgehead atoms. The van der Waals surface area contributed by atoms with Gasteiger partial charge in [-0.2, -0.15) is 11.8 Å². The molecule has 0 aliphatic rings. The first-order chi connectivity index (χ1) is 5.06. The van der Waals surface area contributed by atoms with Gasteiger partial charge >= 0.3 is 0 Å². The fraction of sp³-hybridized carbons (Fsp3) is 0.889. The Morgan fingerprint density at radius 1 is 1.36 bits per heavy atom. The summed E-state index contributed by atoms with van der Waals surface area (Å²) in [7, 11) is 0. The molecule has 0 saturated carbocycles. The van der Waals surface area contributed by atoms with Crippen molar-refractivity contribution in [3.63, 3.8) is 0 Å². The number of Topliss-reactive ketones (excluding diaryl/α,β-unsaturated/α-hetero) is 1. The number of ketones is 1. The molecule has 0 amide bonds. The van der Waals surface area contributed by atoms with E-state index in [9.17, 15) is 4.79 Å². The first-order valence-corrected chi connectivity index (χ1v) is 5.15. The van der Waals surface area contributed by atoms with Gasteiger partial charge in [-0.3, -0.25) is 4.79 Å². The normalized spacial score (nSPS) is 16.0. The van der Waals surface area contributed by atoms with Crippen molar-refractivity contribution in [2.24, 2.45) is 0 Å². The maximum Gasteiger partial charge on any atom is 0.130 e. The zero-order valence-corrected chi connectivity index (χ0v) is 8.70. The summed E-state index contributed by atoms with van der Waals surface area (Å²) in [5.41, 5.74) is 0. The van der Waals surface area contributed by atoms with Crippen LogP contribution in [0.1, 0.15) is 40.5 Å². The van der Waals surface area contributed by atoms with Gasteiger partial charge in [0.15, 0.2) is 0 Å². The quantitative estimate of drug-likeness (QED) is 0.637. The van der Waals surface area contributed by atoms with Crippen LogP contribution < -0.4 is 0 Å². The lowest BCUT2D eigenvalue weighted by Gasteiger charge is -2.13. The fourth-order valence-electron chi connectivity index (χ4n) is 0.946. The predicted octanol–water partition coefficient (Wildman–Crippen LogP) is 2.89. The van der Waals surface area contributed by atoms with Crippen molar-refractivity contribution < 1.29 is 4.79 Å². The Labute approximate surface area is 73.9 Å². The third kappa shape index (κ3) is 6.42. The molecule has 11 heavy (non-hydrogen) atoms. The molecule has 0 aromatic carbocycles. The van der Waals surface area contributed by atoms with E-state index < -0.39 is 0 Å². The maximum atomic E-state index is 10.7. The van der Waals surface area contributed by atoms with E-state index in [4.69, 9.17) is 0 Å². The minimum Gasteiger partial charge on any atom is -0.300 e. The van der Waals surface area contributed by atoms with Crippen LogP contribution in [0.3, 0.4) is 0 Å². The number of carbonyl (C=O) groups excluding carboxylic acids is 1. The Balaban J connectivity index is 3.51. The van der Waals surface area contributed by atoms with Gasteiger partial charge in [0.05, 0.1) is 0 Å². The first-order valence-electron chi connectivity index (χ1n) is 4.21. The minimum absolute atomic E-state index is 0.299. The fourth-order valence-corrected chi connectivity index (χ4v) is 2.26. The van der Waals surface area contributed by atoms with Gasteiger partial charge < -0.3 is 0 Å². The highest BCUT2D eigenvalue weighted by Gasteiger charge is 2.08. The second-order valence-corrected chi connectivity index (χ2v) is 4.95. The van der Waals surface area contributed by atoms with Crippen molar-refractivity contribution in [3.8, 4) is 0 Å². The van der Waals surface area contributed by atoms with E-state index in [0.29, 0.717) is 16.3 Å². The Hall–Kier alpha value is 0.0200. The number of hydrogen-bond donors (Lipinski definition) is 0. The van der Waals surface area contributed by atoms with Gasteiger partial charge in [-0.1, -0.05) is 20.8 Å². The van der Waals surface area contributed by atoms with Crippen LogP contribution >= 0.6 is 11.8 Å². The molecular formula is C9H18OS. The summed E-state index contributed by atoms with van der Waals surface area (Å²) in [5, 5.41) is 1.17. The highest BCUT2D eigenvalue weighted by atomic mass is 32.2. The summed E-state index contributed by atoms with van der Waals surface area (Å²) >= 11 is 1.91. The summed E-state index contributed by atoms with van der Waals surface area (Å²) in [4.78, 5) is 10.7. The van der Waals surface area contributed by atoms with E-state index in [2.05, 4.69) is 20.8 Å². The highest BCUT2D eigenvalue weighted by molar-refractivity contribution is 8.00. The molecule has 1 nitrogen and oxygen atoms in total. The molecule has 2 atom stereocenters. The number of thioether (sulfide) groups is 1. The molecule has 66 valence electrons. The Kier molecular flexibility index (Phi) is 5.65. The van der Waals surface area contributed by atoms with Crippen LogP contribution in [-0.2, 0) is 4.79 Å². The molecule has 0 aliphatic carbocycles. The van der Waals surface area contributed by atoms with E-state index in [1.54, 1.807) is 6.92 Å². The van der Waals surface area contributed by atoms with Crippen LogP contribution in [-0.4, -0.2) is 16.3 Å². The average molecular weight is 174 g/mol. The summed E-state index contributed by atoms with van der Waals surface area (Å²) in [5.74, 6) is 0.299. The SMILES string of the molecule is CCC(C)SC(C)CC(C)=O. The van der Waals surface area contributed by atoms with Crippen molar-refractivity contribution in [1.82, 2.24) is 0 Å². The molecule has 0 fully saturated rings. The van der Waals surface area contributed by atoms with Gasteiger partial charge in [-0.15, -0.1) is 0 Å². The molecule has 0 saturated heterocycles. The molecule has 0 heterocycles. The van der Waals surface area contributed by atoms with Crippen molar-refractivity contribution in [3.05, 3.63) is 0 Å². The van der Waals surface area contributed by atoms with E-state index in [-0.39, 0.29) is 0 Å². The van der Waals surface area contributed by atoms with Crippen molar-refractivity contribution in [1.29, 1.82) is 0 Å². The highest BCUT2D eigenvalue weighted by Crippen LogP contribution is 2.21. The minimum atomic E-state index is 0.299. The lowest BCUT2D eigenvalue weighted by atomic mass is 10.2. The number of hydrogen-bond acceptors (Lipinski definition) is 2. The molecule has 2 unspecified atom stereocenters. The molecule has 0 N–H and O–H groups in total. The van der Waals surface area contributed by atoms with Gasteiger partial charge in [0.2, 0.25) is 0 Å². The third-order valence-corrected chi connectivity index (χ3v) is 3.04. The smallest absolute Gasteiger partial charge is 0.130 e. The number of rotatable bonds is 5.